The fourth-order valence-corrected chi connectivity index (χ4v) is 9.62. The fraction of sp³-hybridized carbons (Fsp3) is 0.0164. The van der Waals surface area contributed by atoms with Gasteiger partial charge in [0.05, 0.1) is 5.41 Å². The van der Waals surface area contributed by atoms with Crippen molar-refractivity contribution in [2.75, 3.05) is 10.2 Å². The molecule has 0 atom stereocenters. The van der Waals surface area contributed by atoms with Crippen molar-refractivity contribution >= 4 is 28.4 Å². The molecule has 0 heterocycles. The Bertz CT molecular complexity index is 3110. The lowest BCUT2D eigenvalue weighted by Gasteiger charge is -2.35. The van der Waals surface area contributed by atoms with E-state index in [2.05, 4.69) is 265 Å². The number of hydrogen-bond acceptors (Lipinski definition) is 2. The summed E-state index contributed by atoms with van der Waals surface area (Å²) in [6.07, 6.45) is 0. The average molecular weight is 805 g/mol. The molecule has 11 rings (SSSR count). The third-order valence-electron chi connectivity index (χ3n) is 12.5. The normalized spacial score (nSPS) is 12.3. The standard InChI is InChI=1S/C61H44N2/c1-6-18-44(19-7-1)45-30-35-52(36-31-45)63(53-37-32-46(33-38-53)48-34-41-60(62-51-26-14-5-15-27-51)57(42-48)47-20-8-2-9-21-47)54-39-40-56-55-28-16-17-29-58(55)61(59(56)43-54,49-22-10-3-11-23-49)50-24-12-4-13-25-50/h1-43,62H. The summed E-state index contributed by atoms with van der Waals surface area (Å²) in [5.41, 5.74) is 19.5. The highest BCUT2D eigenvalue weighted by molar-refractivity contribution is 5.90. The van der Waals surface area contributed by atoms with Gasteiger partial charge in [-0.15, -0.1) is 0 Å². The Morgan fingerprint density at radius 2 is 0.730 bits per heavy atom. The summed E-state index contributed by atoms with van der Waals surface area (Å²) in [5, 5.41) is 3.67. The lowest BCUT2D eigenvalue weighted by Crippen LogP contribution is -2.28. The van der Waals surface area contributed by atoms with Crippen LogP contribution >= 0.6 is 0 Å². The first-order valence-corrected chi connectivity index (χ1v) is 21.7. The summed E-state index contributed by atoms with van der Waals surface area (Å²) >= 11 is 0. The van der Waals surface area contributed by atoms with E-state index in [1.54, 1.807) is 0 Å². The average Bonchev–Trinajstić information content (AvgIpc) is 3.66. The zero-order chi connectivity index (χ0) is 42.0. The monoisotopic (exact) mass is 804 g/mol. The van der Waals surface area contributed by atoms with Gasteiger partial charge < -0.3 is 10.2 Å². The highest BCUT2D eigenvalue weighted by atomic mass is 15.1. The number of benzene rings is 10. The first-order chi connectivity index (χ1) is 31.2. The van der Waals surface area contributed by atoms with Gasteiger partial charge in [0.25, 0.3) is 0 Å². The van der Waals surface area contributed by atoms with E-state index in [0.717, 1.165) is 45.1 Å². The number of para-hydroxylation sites is 1. The number of anilines is 5. The third kappa shape index (κ3) is 6.89. The molecule has 0 aliphatic heterocycles. The van der Waals surface area contributed by atoms with Crippen LogP contribution in [-0.2, 0) is 5.41 Å². The van der Waals surface area contributed by atoms with Crippen molar-refractivity contribution in [2.45, 2.75) is 5.41 Å². The highest BCUT2D eigenvalue weighted by Crippen LogP contribution is 2.57. The van der Waals surface area contributed by atoms with Crippen LogP contribution in [0, 0.1) is 0 Å². The van der Waals surface area contributed by atoms with Gasteiger partial charge >= 0.3 is 0 Å². The smallest absolute Gasteiger partial charge is 0.0714 e. The minimum atomic E-state index is -0.505. The second-order valence-corrected chi connectivity index (χ2v) is 16.2. The van der Waals surface area contributed by atoms with E-state index in [-0.39, 0.29) is 0 Å². The van der Waals surface area contributed by atoms with Crippen molar-refractivity contribution in [2.24, 2.45) is 0 Å². The number of nitrogens with one attached hydrogen (secondary N) is 1. The molecule has 0 radical (unpaired) electrons. The highest BCUT2D eigenvalue weighted by Gasteiger charge is 2.46. The van der Waals surface area contributed by atoms with Crippen LogP contribution in [-0.4, -0.2) is 0 Å². The molecule has 0 aromatic heterocycles. The molecule has 1 aliphatic rings. The fourth-order valence-electron chi connectivity index (χ4n) is 9.62. The topological polar surface area (TPSA) is 15.3 Å². The minimum Gasteiger partial charge on any atom is -0.355 e. The van der Waals surface area contributed by atoms with Gasteiger partial charge in [-0.25, -0.2) is 0 Å². The van der Waals surface area contributed by atoms with E-state index in [9.17, 15) is 0 Å². The summed E-state index contributed by atoms with van der Waals surface area (Å²) in [6.45, 7) is 0. The van der Waals surface area contributed by atoms with E-state index < -0.39 is 5.41 Å². The van der Waals surface area contributed by atoms with Crippen LogP contribution in [0.25, 0.3) is 44.5 Å². The number of rotatable bonds is 10. The maximum Gasteiger partial charge on any atom is 0.0714 e. The molecule has 10 aromatic rings. The van der Waals surface area contributed by atoms with Crippen LogP contribution in [0.1, 0.15) is 22.3 Å². The Balaban J connectivity index is 1.05. The Morgan fingerprint density at radius 1 is 0.286 bits per heavy atom. The van der Waals surface area contributed by atoms with Gasteiger partial charge in [-0.2, -0.15) is 0 Å². The molecule has 298 valence electrons. The Labute approximate surface area is 370 Å². The molecule has 2 nitrogen and oxygen atoms in total. The maximum atomic E-state index is 3.67. The zero-order valence-corrected chi connectivity index (χ0v) is 34.8. The lowest BCUT2D eigenvalue weighted by atomic mass is 9.67. The molecule has 2 heteroatoms. The molecule has 0 unspecified atom stereocenters. The predicted molar refractivity (Wildman–Crippen MR) is 264 cm³/mol. The third-order valence-corrected chi connectivity index (χ3v) is 12.5. The van der Waals surface area contributed by atoms with Crippen molar-refractivity contribution in [3.8, 4) is 44.5 Å². The molecular weight excluding hydrogens is 761 g/mol. The Hall–Kier alpha value is -8.20. The Kier molecular flexibility index (Phi) is 9.80. The van der Waals surface area contributed by atoms with E-state index >= 15 is 0 Å². The van der Waals surface area contributed by atoms with Crippen LogP contribution < -0.4 is 10.2 Å². The molecule has 1 N–H and O–H groups in total. The van der Waals surface area contributed by atoms with Gasteiger partial charge in [0.2, 0.25) is 0 Å². The molecule has 0 saturated heterocycles. The maximum absolute atomic E-state index is 3.67. The minimum absolute atomic E-state index is 0.505. The summed E-state index contributed by atoms with van der Waals surface area (Å²) < 4.78 is 0. The van der Waals surface area contributed by atoms with Crippen LogP contribution in [0.3, 0.4) is 0 Å². The first kappa shape index (κ1) is 37.8. The quantitative estimate of drug-likeness (QED) is 0.148. The first-order valence-electron chi connectivity index (χ1n) is 21.7. The van der Waals surface area contributed by atoms with E-state index in [4.69, 9.17) is 0 Å². The second-order valence-electron chi connectivity index (χ2n) is 16.2. The lowest BCUT2D eigenvalue weighted by molar-refractivity contribution is 0.768. The summed E-state index contributed by atoms with van der Waals surface area (Å²) in [5.74, 6) is 0. The summed E-state index contributed by atoms with van der Waals surface area (Å²) in [7, 11) is 0. The van der Waals surface area contributed by atoms with E-state index in [0.29, 0.717) is 0 Å². The van der Waals surface area contributed by atoms with Gasteiger partial charge in [-0.3, -0.25) is 0 Å². The second kappa shape index (κ2) is 16.3. The molecule has 0 fully saturated rings. The van der Waals surface area contributed by atoms with Crippen molar-refractivity contribution in [3.05, 3.63) is 283 Å². The van der Waals surface area contributed by atoms with Crippen molar-refractivity contribution in [3.63, 3.8) is 0 Å². The van der Waals surface area contributed by atoms with Gasteiger partial charge in [0.15, 0.2) is 0 Å². The van der Waals surface area contributed by atoms with E-state index in [1.807, 2.05) is 6.07 Å². The van der Waals surface area contributed by atoms with Crippen molar-refractivity contribution in [1.29, 1.82) is 0 Å². The number of fused-ring (bicyclic) bond motifs is 3. The SMILES string of the molecule is c1ccc(Nc2ccc(-c3ccc(N(c4ccc(-c5ccccc5)cc4)c4ccc5c(c4)C(c4ccccc4)(c4ccccc4)c4ccccc4-5)cc3)cc2-c2ccccc2)cc1. The largest absolute Gasteiger partial charge is 0.355 e. The van der Waals surface area contributed by atoms with Gasteiger partial charge in [0, 0.05) is 34.0 Å². The van der Waals surface area contributed by atoms with Crippen molar-refractivity contribution < 1.29 is 0 Å². The molecule has 0 saturated carbocycles. The summed E-state index contributed by atoms with van der Waals surface area (Å²) in [4.78, 5) is 2.41. The van der Waals surface area contributed by atoms with Crippen LogP contribution in [0.5, 0.6) is 0 Å². The Morgan fingerprint density at radius 3 is 1.33 bits per heavy atom. The van der Waals surface area contributed by atoms with Gasteiger partial charge in [-0.1, -0.05) is 200 Å². The number of nitrogens with zero attached hydrogens (tertiary/aromatic N) is 1. The predicted octanol–water partition coefficient (Wildman–Crippen LogP) is 16.3. The van der Waals surface area contributed by atoms with E-state index in [1.165, 1.54) is 50.1 Å². The van der Waals surface area contributed by atoms with Gasteiger partial charge in [0.1, 0.15) is 0 Å². The molecular formula is C61H44N2. The molecule has 63 heavy (non-hydrogen) atoms. The van der Waals surface area contributed by atoms with Crippen LogP contribution in [0.2, 0.25) is 0 Å². The molecule has 0 bridgehead atoms. The zero-order valence-electron chi connectivity index (χ0n) is 34.8. The summed E-state index contributed by atoms with van der Waals surface area (Å²) in [6, 6.07) is 94.5. The van der Waals surface area contributed by atoms with Crippen LogP contribution in [0.15, 0.2) is 261 Å². The molecule has 0 amide bonds. The molecule has 0 spiro atoms. The molecule has 10 aromatic carbocycles. The van der Waals surface area contributed by atoms with Crippen molar-refractivity contribution in [1.82, 2.24) is 0 Å². The molecule has 1 aliphatic carbocycles. The van der Waals surface area contributed by atoms with Gasteiger partial charge in [-0.05, 0) is 122 Å². The van der Waals surface area contributed by atoms with Crippen LogP contribution in [0.4, 0.5) is 28.4 Å². The number of hydrogen-bond donors (Lipinski definition) is 1.